The standard InChI is InChI=1S/C14H18BrFN2O.2ClH/c15-12-11(16)4-3-10(14(12)19)13(9-1-2-9)18-7-5-17-6-8-18;;/h3-4,9,13,17,19H,1-2,5-8H2;2*1H/t13-;;/m0../s1. The van der Waals surface area contributed by atoms with Crippen molar-refractivity contribution in [1.29, 1.82) is 0 Å². The zero-order chi connectivity index (χ0) is 13.4. The van der Waals surface area contributed by atoms with Crippen LogP contribution >= 0.6 is 40.7 Å². The van der Waals surface area contributed by atoms with E-state index in [-0.39, 0.29) is 41.1 Å². The molecule has 7 heteroatoms. The van der Waals surface area contributed by atoms with Gasteiger partial charge in [0.05, 0.1) is 4.47 Å². The van der Waals surface area contributed by atoms with Crippen LogP contribution in [0.25, 0.3) is 0 Å². The van der Waals surface area contributed by atoms with Gasteiger partial charge in [0.15, 0.2) is 0 Å². The Morgan fingerprint density at radius 3 is 2.43 bits per heavy atom. The van der Waals surface area contributed by atoms with Crippen LogP contribution in [-0.2, 0) is 0 Å². The van der Waals surface area contributed by atoms with E-state index in [1.54, 1.807) is 6.07 Å². The lowest BCUT2D eigenvalue weighted by atomic mass is 9.98. The van der Waals surface area contributed by atoms with Gasteiger partial charge in [0.25, 0.3) is 0 Å². The van der Waals surface area contributed by atoms with E-state index in [1.807, 2.05) is 0 Å². The van der Waals surface area contributed by atoms with E-state index in [4.69, 9.17) is 0 Å². The molecule has 1 aromatic rings. The van der Waals surface area contributed by atoms with Gasteiger partial charge in [0, 0.05) is 37.8 Å². The second-order valence-electron chi connectivity index (χ2n) is 5.37. The molecule has 2 fully saturated rings. The third kappa shape index (κ3) is 4.02. The Morgan fingerprint density at radius 2 is 1.86 bits per heavy atom. The maximum absolute atomic E-state index is 13.5. The number of nitrogens with one attached hydrogen (secondary N) is 1. The third-order valence-corrected chi connectivity index (χ3v) is 4.79. The van der Waals surface area contributed by atoms with Gasteiger partial charge in [0.1, 0.15) is 11.6 Å². The van der Waals surface area contributed by atoms with Crippen molar-refractivity contribution in [2.24, 2.45) is 5.92 Å². The van der Waals surface area contributed by atoms with Crippen molar-refractivity contribution in [3.05, 3.63) is 28.0 Å². The van der Waals surface area contributed by atoms with Crippen molar-refractivity contribution in [3.8, 4) is 5.75 Å². The molecule has 1 aromatic carbocycles. The van der Waals surface area contributed by atoms with Gasteiger partial charge in [-0.3, -0.25) is 4.90 Å². The molecule has 1 aliphatic heterocycles. The fourth-order valence-electron chi connectivity index (χ4n) is 2.91. The quantitative estimate of drug-likeness (QED) is 0.813. The number of nitrogens with zero attached hydrogens (tertiary/aromatic N) is 1. The van der Waals surface area contributed by atoms with Crippen LogP contribution in [0.1, 0.15) is 24.4 Å². The lowest BCUT2D eigenvalue weighted by Crippen LogP contribution is -2.45. The summed E-state index contributed by atoms with van der Waals surface area (Å²) in [5.41, 5.74) is 0.859. The molecule has 120 valence electrons. The van der Waals surface area contributed by atoms with Crippen molar-refractivity contribution in [2.75, 3.05) is 26.2 Å². The van der Waals surface area contributed by atoms with Gasteiger partial charge in [-0.1, -0.05) is 6.07 Å². The number of hydrogen-bond acceptors (Lipinski definition) is 3. The molecule has 21 heavy (non-hydrogen) atoms. The Morgan fingerprint density at radius 1 is 1.24 bits per heavy atom. The van der Waals surface area contributed by atoms with Crippen LogP contribution in [0.2, 0.25) is 0 Å². The lowest BCUT2D eigenvalue weighted by molar-refractivity contribution is 0.153. The van der Waals surface area contributed by atoms with E-state index in [0.717, 1.165) is 31.7 Å². The minimum Gasteiger partial charge on any atom is -0.506 e. The molecular formula is C14H20BrCl2FN2O. The summed E-state index contributed by atoms with van der Waals surface area (Å²) in [6.45, 7) is 3.92. The number of aromatic hydroxyl groups is 1. The number of rotatable bonds is 3. The largest absolute Gasteiger partial charge is 0.506 e. The normalized spacial score (nSPS) is 20.3. The second-order valence-corrected chi connectivity index (χ2v) is 6.16. The predicted octanol–water partition coefficient (Wildman–Crippen LogP) is 3.49. The Balaban J connectivity index is 0.00000110. The first-order valence-electron chi connectivity index (χ1n) is 6.80. The first-order chi connectivity index (χ1) is 9.18. The molecular weight excluding hydrogens is 382 g/mol. The highest BCUT2D eigenvalue weighted by Crippen LogP contribution is 2.48. The molecule has 0 aromatic heterocycles. The van der Waals surface area contributed by atoms with Gasteiger partial charge >= 0.3 is 0 Å². The first kappa shape index (κ1) is 19.0. The Labute approximate surface area is 145 Å². The van der Waals surface area contributed by atoms with Gasteiger partial charge in [-0.2, -0.15) is 0 Å². The molecule has 2 N–H and O–H groups in total. The van der Waals surface area contributed by atoms with E-state index < -0.39 is 5.82 Å². The van der Waals surface area contributed by atoms with Gasteiger partial charge in [-0.25, -0.2) is 4.39 Å². The van der Waals surface area contributed by atoms with Crippen LogP contribution in [0.4, 0.5) is 4.39 Å². The maximum Gasteiger partial charge on any atom is 0.141 e. The van der Waals surface area contributed by atoms with E-state index in [1.165, 1.54) is 18.9 Å². The highest BCUT2D eigenvalue weighted by Gasteiger charge is 2.38. The summed E-state index contributed by atoms with van der Waals surface area (Å²) >= 11 is 3.14. The number of hydrogen-bond donors (Lipinski definition) is 2. The molecule has 1 heterocycles. The van der Waals surface area contributed by atoms with E-state index in [2.05, 4.69) is 26.1 Å². The average Bonchev–Trinajstić information content (AvgIpc) is 3.25. The molecule has 0 unspecified atom stereocenters. The lowest BCUT2D eigenvalue weighted by Gasteiger charge is -2.35. The van der Waals surface area contributed by atoms with Crippen LogP contribution in [0, 0.1) is 11.7 Å². The summed E-state index contributed by atoms with van der Waals surface area (Å²) in [6.07, 6.45) is 2.39. The molecule has 3 nitrogen and oxygen atoms in total. The molecule has 3 rings (SSSR count). The second kappa shape index (κ2) is 7.97. The van der Waals surface area contributed by atoms with Crippen LogP contribution in [0.3, 0.4) is 0 Å². The predicted molar refractivity (Wildman–Crippen MR) is 90.2 cm³/mol. The molecule has 1 aliphatic carbocycles. The Bertz CT molecular complexity index is 482. The summed E-state index contributed by atoms with van der Waals surface area (Å²) in [6, 6.07) is 3.40. The monoisotopic (exact) mass is 400 g/mol. The molecule has 0 amide bonds. The van der Waals surface area contributed by atoms with Crippen molar-refractivity contribution in [1.82, 2.24) is 10.2 Å². The number of piperazine rings is 1. The highest BCUT2D eigenvalue weighted by molar-refractivity contribution is 9.10. The molecule has 1 saturated carbocycles. The zero-order valence-corrected chi connectivity index (χ0v) is 14.7. The molecule has 0 spiro atoms. The van der Waals surface area contributed by atoms with Crippen LogP contribution in [-0.4, -0.2) is 36.2 Å². The van der Waals surface area contributed by atoms with Crippen LogP contribution in [0.5, 0.6) is 5.75 Å². The number of phenolic OH excluding ortho intramolecular Hbond substituents is 1. The molecule has 2 aliphatic rings. The van der Waals surface area contributed by atoms with Crippen molar-refractivity contribution < 1.29 is 9.50 Å². The van der Waals surface area contributed by atoms with Gasteiger partial charge in [-0.15, -0.1) is 24.8 Å². The number of halogens is 4. The first-order valence-corrected chi connectivity index (χ1v) is 7.59. The van der Waals surface area contributed by atoms with Crippen molar-refractivity contribution in [3.63, 3.8) is 0 Å². The number of benzene rings is 1. The van der Waals surface area contributed by atoms with Crippen LogP contribution < -0.4 is 5.32 Å². The Hall–Kier alpha value is -0.0700. The maximum atomic E-state index is 13.5. The van der Waals surface area contributed by atoms with Gasteiger partial charge < -0.3 is 10.4 Å². The van der Waals surface area contributed by atoms with E-state index in [9.17, 15) is 9.50 Å². The van der Waals surface area contributed by atoms with E-state index in [0.29, 0.717) is 5.92 Å². The van der Waals surface area contributed by atoms with Gasteiger partial charge in [0.2, 0.25) is 0 Å². The highest BCUT2D eigenvalue weighted by atomic mass is 79.9. The summed E-state index contributed by atoms with van der Waals surface area (Å²) in [7, 11) is 0. The summed E-state index contributed by atoms with van der Waals surface area (Å²) in [4.78, 5) is 2.41. The minimum absolute atomic E-state index is 0. The third-order valence-electron chi connectivity index (χ3n) is 4.03. The van der Waals surface area contributed by atoms with Gasteiger partial charge in [-0.05, 0) is 40.8 Å². The zero-order valence-electron chi connectivity index (χ0n) is 11.5. The topological polar surface area (TPSA) is 35.5 Å². The summed E-state index contributed by atoms with van der Waals surface area (Å²) in [5.74, 6) is 0.257. The number of phenols is 1. The minimum atomic E-state index is -0.406. The fourth-order valence-corrected chi connectivity index (χ4v) is 3.28. The van der Waals surface area contributed by atoms with Crippen molar-refractivity contribution in [2.45, 2.75) is 18.9 Å². The SMILES string of the molecule is Cl.Cl.Oc1c([C@H](C2CC2)N2CCNCC2)ccc(F)c1Br. The molecule has 1 atom stereocenters. The van der Waals surface area contributed by atoms with Crippen LogP contribution in [0.15, 0.2) is 16.6 Å². The molecule has 1 saturated heterocycles. The van der Waals surface area contributed by atoms with E-state index >= 15 is 0 Å². The average molecular weight is 402 g/mol. The molecule has 0 bridgehead atoms. The molecule has 0 radical (unpaired) electrons. The fraction of sp³-hybridized carbons (Fsp3) is 0.571. The summed E-state index contributed by atoms with van der Waals surface area (Å²) < 4.78 is 13.6. The smallest absolute Gasteiger partial charge is 0.141 e. The summed E-state index contributed by atoms with van der Waals surface area (Å²) in [5, 5.41) is 13.6. The van der Waals surface area contributed by atoms with Crippen molar-refractivity contribution >= 4 is 40.7 Å². The Kier molecular flexibility index (Phi) is 7.20.